The van der Waals surface area contributed by atoms with Gasteiger partial charge in [0, 0.05) is 5.57 Å². The van der Waals surface area contributed by atoms with E-state index < -0.39 is 0 Å². The van der Waals surface area contributed by atoms with E-state index in [0.29, 0.717) is 16.9 Å². The van der Waals surface area contributed by atoms with Gasteiger partial charge in [-0.15, -0.1) is 0 Å². The zero-order valence-electron chi connectivity index (χ0n) is 11.7. The van der Waals surface area contributed by atoms with Crippen LogP contribution in [0.2, 0.25) is 0 Å². The van der Waals surface area contributed by atoms with Gasteiger partial charge in [-0.2, -0.15) is 0 Å². The van der Waals surface area contributed by atoms with E-state index in [4.69, 9.17) is 10.5 Å². The van der Waals surface area contributed by atoms with Crippen molar-refractivity contribution in [3.05, 3.63) is 58.2 Å². The molecule has 0 radical (unpaired) electrons. The van der Waals surface area contributed by atoms with E-state index in [0.717, 1.165) is 10.8 Å². The number of rotatable bonds is 2. The molecule has 4 nitrogen and oxygen atoms in total. The van der Waals surface area contributed by atoms with Crippen molar-refractivity contribution in [1.82, 2.24) is 0 Å². The lowest BCUT2D eigenvalue weighted by Gasteiger charge is -2.15. The summed E-state index contributed by atoms with van der Waals surface area (Å²) >= 11 is 3.05. The van der Waals surface area contributed by atoms with Crippen molar-refractivity contribution in [1.29, 1.82) is 0 Å². The van der Waals surface area contributed by atoms with E-state index in [1.807, 2.05) is 30.3 Å². The molecule has 1 aliphatic rings. The molecular weight excluding hydrogens is 346 g/mol. The minimum Gasteiger partial charge on any atom is -0.497 e. The van der Waals surface area contributed by atoms with Gasteiger partial charge in [0.05, 0.1) is 17.3 Å². The van der Waals surface area contributed by atoms with E-state index in [-0.39, 0.29) is 21.7 Å². The molecule has 0 saturated heterocycles. The SMILES string of the molecule is COc1ccc2cccc(C3=CC(=O)C(Br)=C(N)C3=O)c2c1. The van der Waals surface area contributed by atoms with Crippen molar-refractivity contribution >= 4 is 43.8 Å². The van der Waals surface area contributed by atoms with Gasteiger partial charge in [0.1, 0.15) is 5.75 Å². The summed E-state index contributed by atoms with van der Waals surface area (Å²) in [4.78, 5) is 24.4. The van der Waals surface area contributed by atoms with E-state index >= 15 is 0 Å². The molecule has 0 spiro atoms. The van der Waals surface area contributed by atoms with Crippen molar-refractivity contribution in [3.63, 3.8) is 0 Å². The minimum absolute atomic E-state index is 0.0672. The molecule has 1 aliphatic carbocycles. The predicted molar refractivity (Wildman–Crippen MR) is 88.6 cm³/mol. The zero-order valence-corrected chi connectivity index (χ0v) is 13.3. The maximum absolute atomic E-state index is 12.4. The molecule has 0 heterocycles. The quantitative estimate of drug-likeness (QED) is 0.838. The number of carbonyl (C=O) groups excluding carboxylic acids is 2. The first-order valence-corrected chi connectivity index (χ1v) is 7.35. The number of hydrogen-bond acceptors (Lipinski definition) is 4. The monoisotopic (exact) mass is 357 g/mol. The van der Waals surface area contributed by atoms with Crippen molar-refractivity contribution in [2.75, 3.05) is 7.11 Å². The Bertz CT molecular complexity index is 881. The van der Waals surface area contributed by atoms with Crippen molar-refractivity contribution < 1.29 is 14.3 Å². The Morgan fingerprint density at radius 2 is 1.91 bits per heavy atom. The molecule has 3 rings (SSSR count). The average molecular weight is 358 g/mol. The highest BCUT2D eigenvalue weighted by Crippen LogP contribution is 2.33. The Morgan fingerprint density at radius 3 is 2.64 bits per heavy atom. The summed E-state index contributed by atoms with van der Waals surface area (Å²) in [5.41, 5.74) is 6.63. The van der Waals surface area contributed by atoms with Gasteiger partial charge in [-0.05, 0) is 50.5 Å². The molecule has 0 unspecified atom stereocenters. The van der Waals surface area contributed by atoms with Crippen LogP contribution in [-0.4, -0.2) is 18.7 Å². The molecule has 0 aromatic heterocycles. The molecule has 2 aromatic carbocycles. The second-order valence-corrected chi connectivity index (χ2v) is 5.66. The lowest BCUT2D eigenvalue weighted by molar-refractivity contribution is -0.114. The lowest BCUT2D eigenvalue weighted by atomic mass is 9.90. The number of fused-ring (bicyclic) bond motifs is 1. The summed E-state index contributed by atoms with van der Waals surface area (Å²) in [6, 6.07) is 11.2. The number of allylic oxidation sites excluding steroid dienone is 3. The van der Waals surface area contributed by atoms with Crippen LogP contribution in [0.3, 0.4) is 0 Å². The van der Waals surface area contributed by atoms with Crippen LogP contribution in [0.1, 0.15) is 5.56 Å². The van der Waals surface area contributed by atoms with Gasteiger partial charge in [-0.3, -0.25) is 9.59 Å². The van der Waals surface area contributed by atoms with E-state index in [1.165, 1.54) is 6.08 Å². The number of hydrogen-bond donors (Lipinski definition) is 1. The van der Waals surface area contributed by atoms with Gasteiger partial charge in [0.25, 0.3) is 0 Å². The smallest absolute Gasteiger partial charge is 0.210 e. The standard InChI is InChI=1S/C17H12BrNO3/c1-22-10-6-5-9-3-2-4-11(12(9)7-10)13-8-14(20)15(18)16(19)17(13)21/h2-8H,19H2,1H3. The number of methoxy groups -OCH3 is 1. The molecule has 0 bridgehead atoms. The third-order valence-corrected chi connectivity index (χ3v) is 4.41. The second-order valence-electron chi connectivity index (χ2n) is 4.87. The van der Waals surface area contributed by atoms with Crippen LogP contribution in [0.4, 0.5) is 0 Å². The third-order valence-electron chi connectivity index (χ3n) is 3.60. The Balaban J connectivity index is 2.25. The molecule has 0 aliphatic heterocycles. The number of Topliss-reactive ketones (excluding diaryl/α,β-unsaturated/α-hetero) is 1. The van der Waals surface area contributed by atoms with Crippen molar-refractivity contribution in [2.24, 2.45) is 5.73 Å². The fourth-order valence-corrected chi connectivity index (χ4v) is 2.75. The van der Waals surface area contributed by atoms with Crippen LogP contribution in [0.5, 0.6) is 5.75 Å². The van der Waals surface area contributed by atoms with Gasteiger partial charge in [-0.1, -0.05) is 24.3 Å². The predicted octanol–water partition coefficient (Wildman–Crippen LogP) is 2.95. The van der Waals surface area contributed by atoms with Gasteiger partial charge in [0.15, 0.2) is 5.78 Å². The summed E-state index contributed by atoms with van der Waals surface area (Å²) in [6.07, 6.45) is 1.32. The third kappa shape index (κ3) is 2.23. The van der Waals surface area contributed by atoms with Gasteiger partial charge in [-0.25, -0.2) is 0 Å². The highest BCUT2D eigenvalue weighted by molar-refractivity contribution is 9.12. The van der Waals surface area contributed by atoms with E-state index in [9.17, 15) is 9.59 Å². The van der Waals surface area contributed by atoms with Crippen LogP contribution in [0.15, 0.2) is 52.7 Å². The number of nitrogens with two attached hydrogens (primary N) is 1. The maximum atomic E-state index is 12.4. The van der Waals surface area contributed by atoms with Crippen LogP contribution >= 0.6 is 15.9 Å². The largest absolute Gasteiger partial charge is 0.497 e. The van der Waals surface area contributed by atoms with Gasteiger partial charge in [0.2, 0.25) is 5.78 Å². The Hall–Kier alpha value is -2.40. The highest BCUT2D eigenvalue weighted by Gasteiger charge is 2.27. The first kappa shape index (κ1) is 14.5. The number of halogens is 1. The molecule has 0 atom stereocenters. The second kappa shape index (κ2) is 5.42. The fraction of sp³-hybridized carbons (Fsp3) is 0.0588. The Kier molecular flexibility index (Phi) is 3.58. The summed E-state index contributed by atoms with van der Waals surface area (Å²) in [7, 11) is 1.58. The molecule has 110 valence electrons. The normalized spacial score (nSPS) is 15.3. The summed E-state index contributed by atoms with van der Waals surface area (Å²) in [5, 5.41) is 1.78. The Labute approximate surface area is 135 Å². The molecule has 2 N–H and O–H groups in total. The number of ketones is 2. The summed E-state index contributed by atoms with van der Waals surface area (Å²) < 4.78 is 5.35. The molecular formula is C17H12BrNO3. The molecule has 0 fully saturated rings. The molecule has 22 heavy (non-hydrogen) atoms. The molecule has 0 saturated carbocycles. The first-order valence-electron chi connectivity index (χ1n) is 6.56. The fourth-order valence-electron chi connectivity index (χ4n) is 2.45. The average Bonchev–Trinajstić information content (AvgIpc) is 2.55. The molecule has 0 amide bonds. The number of ether oxygens (including phenoxy) is 1. The first-order chi connectivity index (χ1) is 10.5. The van der Waals surface area contributed by atoms with E-state index in [1.54, 1.807) is 13.2 Å². The van der Waals surface area contributed by atoms with E-state index in [2.05, 4.69) is 15.9 Å². The van der Waals surface area contributed by atoms with Crippen molar-refractivity contribution in [2.45, 2.75) is 0 Å². The summed E-state index contributed by atoms with van der Waals surface area (Å²) in [5.74, 6) is 0.00798. The zero-order chi connectivity index (χ0) is 15.9. The lowest BCUT2D eigenvalue weighted by Crippen LogP contribution is -2.21. The van der Waals surface area contributed by atoms with Crippen molar-refractivity contribution in [3.8, 4) is 5.75 Å². The van der Waals surface area contributed by atoms with Crippen LogP contribution in [0, 0.1) is 0 Å². The van der Waals surface area contributed by atoms with Gasteiger partial charge < -0.3 is 10.5 Å². The van der Waals surface area contributed by atoms with Crippen LogP contribution < -0.4 is 10.5 Å². The topological polar surface area (TPSA) is 69.4 Å². The number of benzene rings is 2. The Morgan fingerprint density at radius 1 is 1.14 bits per heavy atom. The highest BCUT2D eigenvalue weighted by atomic mass is 79.9. The molecule has 5 heteroatoms. The van der Waals surface area contributed by atoms with Gasteiger partial charge >= 0.3 is 0 Å². The van der Waals surface area contributed by atoms with Crippen LogP contribution in [0.25, 0.3) is 16.3 Å². The minimum atomic E-state index is -0.359. The summed E-state index contributed by atoms with van der Waals surface area (Å²) in [6.45, 7) is 0. The maximum Gasteiger partial charge on any atom is 0.210 e. The van der Waals surface area contributed by atoms with Crippen LogP contribution in [-0.2, 0) is 9.59 Å². The number of carbonyl (C=O) groups is 2. The molecule has 2 aromatic rings.